The van der Waals surface area contributed by atoms with Crippen LogP contribution in [0.25, 0.3) is 0 Å². The molecule has 9 heavy (non-hydrogen) atoms. The maximum absolute atomic E-state index is 9.89. The molecule has 0 amide bonds. The van der Waals surface area contributed by atoms with E-state index in [0.29, 0.717) is 0 Å². The van der Waals surface area contributed by atoms with Gasteiger partial charge in [0.1, 0.15) is 6.04 Å². The Morgan fingerprint density at radius 3 is 2.22 bits per heavy atom. The van der Waals surface area contributed by atoms with Gasteiger partial charge in [-0.3, -0.25) is 4.79 Å². The standard InChI is InChI=1S/C3H7NO3S.ClH/c5-3(6)2(1-8)4-7;/h2,4,7-8H,1H2,(H,5,6);1H/t2-;/m0./s1. The molecule has 0 aliphatic heterocycles. The molecule has 0 spiro atoms. The highest BCUT2D eigenvalue weighted by molar-refractivity contribution is 7.80. The van der Waals surface area contributed by atoms with E-state index < -0.39 is 12.0 Å². The molecule has 1 atom stereocenters. The van der Waals surface area contributed by atoms with Crippen molar-refractivity contribution in [2.24, 2.45) is 0 Å². The van der Waals surface area contributed by atoms with Crippen LogP contribution in [-0.4, -0.2) is 28.1 Å². The smallest absolute Gasteiger partial charge is 0.323 e. The average molecular weight is 174 g/mol. The molecule has 0 aromatic rings. The lowest BCUT2D eigenvalue weighted by atomic mass is 10.4. The molecule has 0 fully saturated rings. The number of hydroxylamine groups is 1. The minimum Gasteiger partial charge on any atom is -0.480 e. The minimum absolute atomic E-state index is 0. The van der Waals surface area contributed by atoms with Crippen molar-refractivity contribution >= 4 is 31.0 Å². The molecule has 0 saturated carbocycles. The van der Waals surface area contributed by atoms with E-state index >= 15 is 0 Å². The Bertz CT molecular complexity index is 87.1. The van der Waals surface area contributed by atoms with Crippen molar-refractivity contribution in [2.45, 2.75) is 6.04 Å². The molecule has 3 N–H and O–H groups in total. The Morgan fingerprint density at radius 2 is 2.22 bits per heavy atom. The average Bonchev–Trinajstić information content (AvgIpc) is 1.69. The Labute approximate surface area is 64.0 Å². The van der Waals surface area contributed by atoms with Crippen LogP contribution in [0.2, 0.25) is 0 Å². The Morgan fingerprint density at radius 1 is 1.78 bits per heavy atom. The van der Waals surface area contributed by atoms with Crippen LogP contribution in [0.15, 0.2) is 0 Å². The molecule has 0 unspecified atom stereocenters. The largest absolute Gasteiger partial charge is 0.480 e. The van der Waals surface area contributed by atoms with Gasteiger partial charge >= 0.3 is 5.97 Å². The maximum Gasteiger partial charge on any atom is 0.323 e. The highest BCUT2D eigenvalue weighted by Gasteiger charge is 2.11. The monoisotopic (exact) mass is 173 g/mol. The van der Waals surface area contributed by atoms with Crippen LogP contribution in [0.4, 0.5) is 0 Å². The Balaban J connectivity index is 0. The van der Waals surface area contributed by atoms with E-state index in [1.807, 2.05) is 0 Å². The van der Waals surface area contributed by atoms with Gasteiger partial charge in [0.05, 0.1) is 0 Å². The third kappa shape index (κ3) is 4.53. The highest BCUT2D eigenvalue weighted by Crippen LogP contribution is 1.84. The SMILES string of the molecule is Cl.O=C(O)[C@H](CS)NO. The summed E-state index contributed by atoms with van der Waals surface area (Å²) in [5, 5.41) is 16.1. The second-order valence-electron chi connectivity index (χ2n) is 1.20. The molecule has 0 aliphatic rings. The lowest BCUT2D eigenvalue weighted by molar-refractivity contribution is -0.141. The third-order valence-electron chi connectivity index (χ3n) is 0.637. The molecule has 4 nitrogen and oxygen atoms in total. The minimum atomic E-state index is -1.11. The van der Waals surface area contributed by atoms with Gasteiger partial charge in [0.25, 0.3) is 0 Å². The summed E-state index contributed by atoms with van der Waals surface area (Å²) in [6.45, 7) is 0. The fourth-order valence-corrected chi connectivity index (χ4v) is 0.412. The van der Waals surface area contributed by atoms with Gasteiger partial charge in [-0.25, -0.2) is 0 Å². The summed E-state index contributed by atoms with van der Waals surface area (Å²) in [5.41, 5.74) is 1.58. The van der Waals surface area contributed by atoms with Crippen LogP contribution >= 0.6 is 25.0 Å². The molecule has 0 bridgehead atoms. The molecular weight excluding hydrogens is 166 g/mol. The fraction of sp³-hybridized carbons (Fsp3) is 0.667. The summed E-state index contributed by atoms with van der Waals surface area (Å²) in [6.07, 6.45) is 0. The molecule has 56 valence electrons. The number of halogens is 1. The number of thiol groups is 1. The normalized spacial score (nSPS) is 11.8. The second kappa shape index (κ2) is 6.15. The van der Waals surface area contributed by atoms with Gasteiger partial charge in [0, 0.05) is 5.75 Å². The van der Waals surface area contributed by atoms with Crippen LogP contribution in [-0.2, 0) is 4.79 Å². The van der Waals surface area contributed by atoms with E-state index in [1.165, 1.54) is 0 Å². The zero-order valence-electron chi connectivity index (χ0n) is 4.44. The van der Waals surface area contributed by atoms with Gasteiger partial charge in [-0.2, -0.15) is 18.1 Å². The van der Waals surface area contributed by atoms with Gasteiger partial charge in [0.15, 0.2) is 0 Å². The maximum atomic E-state index is 9.89. The molecule has 0 aromatic heterocycles. The van der Waals surface area contributed by atoms with E-state index in [2.05, 4.69) is 12.6 Å². The van der Waals surface area contributed by atoms with E-state index in [9.17, 15) is 4.79 Å². The number of rotatable bonds is 3. The number of nitrogens with one attached hydrogen (secondary N) is 1. The van der Waals surface area contributed by atoms with Crippen molar-refractivity contribution < 1.29 is 15.1 Å². The van der Waals surface area contributed by atoms with E-state index in [-0.39, 0.29) is 18.2 Å². The fourth-order valence-electron chi connectivity index (χ4n) is 0.174. The van der Waals surface area contributed by atoms with E-state index in [0.717, 1.165) is 0 Å². The first kappa shape index (κ1) is 11.8. The van der Waals surface area contributed by atoms with Crippen LogP contribution in [0.1, 0.15) is 0 Å². The molecule has 0 radical (unpaired) electrons. The number of carboxylic acid groups (broad SMARTS) is 1. The molecular formula is C3H8ClNO3S. The summed E-state index contributed by atoms with van der Waals surface area (Å²) >= 11 is 3.63. The molecule has 0 saturated heterocycles. The van der Waals surface area contributed by atoms with Crippen molar-refractivity contribution in [2.75, 3.05) is 5.75 Å². The van der Waals surface area contributed by atoms with Gasteiger partial charge in [0.2, 0.25) is 0 Å². The van der Waals surface area contributed by atoms with Crippen LogP contribution < -0.4 is 5.48 Å². The van der Waals surface area contributed by atoms with Crippen molar-refractivity contribution in [3.05, 3.63) is 0 Å². The molecule has 6 heteroatoms. The summed E-state index contributed by atoms with van der Waals surface area (Å²) in [7, 11) is 0. The van der Waals surface area contributed by atoms with E-state index in [1.54, 1.807) is 5.48 Å². The second-order valence-corrected chi connectivity index (χ2v) is 1.57. The van der Waals surface area contributed by atoms with Crippen LogP contribution in [0.3, 0.4) is 0 Å². The number of hydrogen-bond donors (Lipinski definition) is 4. The zero-order chi connectivity index (χ0) is 6.57. The summed E-state index contributed by atoms with van der Waals surface area (Å²) < 4.78 is 0. The van der Waals surface area contributed by atoms with Gasteiger partial charge in [-0.1, -0.05) is 0 Å². The number of hydrogen-bond acceptors (Lipinski definition) is 4. The molecule has 0 aromatic carbocycles. The number of carbonyl (C=O) groups is 1. The molecule has 0 aliphatic carbocycles. The molecule has 0 heterocycles. The van der Waals surface area contributed by atoms with Crippen LogP contribution in [0, 0.1) is 0 Å². The first-order valence-electron chi connectivity index (χ1n) is 1.95. The third-order valence-corrected chi connectivity index (χ3v) is 1.00. The van der Waals surface area contributed by atoms with Gasteiger partial charge < -0.3 is 10.3 Å². The predicted molar refractivity (Wildman–Crippen MR) is 37.4 cm³/mol. The number of aliphatic carboxylic acids is 1. The van der Waals surface area contributed by atoms with Gasteiger partial charge in [-0.05, 0) is 0 Å². The highest BCUT2D eigenvalue weighted by atomic mass is 35.5. The van der Waals surface area contributed by atoms with Crippen LogP contribution in [0.5, 0.6) is 0 Å². The summed E-state index contributed by atoms with van der Waals surface area (Å²) in [5.74, 6) is -1.03. The lowest BCUT2D eigenvalue weighted by Crippen LogP contribution is -2.35. The zero-order valence-corrected chi connectivity index (χ0v) is 6.15. The summed E-state index contributed by atoms with van der Waals surface area (Å²) in [6, 6.07) is -0.960. The Kier molecular flexibility index (Phi) is 8.06. The Hall–Kier alpha value is 0.0300. The van der Waals surface area contributed by atoms with Crippen molar-refractivity contribution in [1.29, 1.82) is 0 Å². The van der Waals surface area contributed by atoms with Crippen molar-refractivity contribution in [1.82, 2.24) is 5.48 Å². The lowest BCUT2D eigenvalue weighted by Gasteiger charge is -2.03. The first-order chi connectivity index (χ1) is 3.72. The summed E-state index contributed by atoms with van der Waals surface area (Å²) in [4.78, 5) is 9.89. The first-order valence-corrected chi connectivity index (χ1v) is 2.59. The number of carboxylic acids is 1. The van der Waals surface area contributed by atoms with Crippen molar-refractivity contribution in [3.8, 4) is 0 Å². The van der Waals surface area contributed by atoms with Gasteiger partial charge in [-0.15, -0.1) is 12.4 Å². The van der Waals surface area contributed by atoms with E-state index in [4.69, 9.17) is 10.3 Å². The molecule has 0 rings (SSSR count). The van der Waals surface area contributed by atoms with Crippen molar-refractivity contribution in [3.63, 3.8) is 0 Å². The predicted octanol–water partition coefficient (Wildman–Crippen LogP) is -0.230. The topological polar surface area (TPSA) is 69.6 Å². The quantitative estimate of drug-likeness (QED) is 0.352.